The van der Waals surface area contributed by atoms with E-state index in [-0.39, 0.29) is 36.6 Å². The largest absolute Gasteiger partial charge is 0.504 e. The standard InChI is InChI=1S/C21H27NO4.ClH/c1-4-25-19-8-6-7-17(21(19)24)14-22-18(13-20(23)26-5-2)16-11-9-15(3)10-12-16;/h6-12,18,22,24H,4-5,13-14H2,1-3H3;1H. The third-order valence-electron chi connectivity index (χ3n) is 4.08. The van der Waals surface area contributed by atoms with Crippen LogP contribution in [0.5, 0.6) is 11.5 Å². The molecule has 0 aliphatic carbocycles. The Morgan fingerprint density at radius 3 is 2.44 bits per heavy atom. The summed E-state index contributed by atoms with van der Waals surface area (Å²) in [6.07, 6.45) is 0.225. The molecule has 0 aromatic heterocycles. The molecule has 0 amide bonds. The van der Waals surface area contributed by atoms with Crippen LogP contribution in [0.4, 0.5) is 0 Å². The maximum Gasteiger partial charge on any atom is 0.307 e. The van der Waals surface area contributed by atoms with Crippen LogP contribution in [-0.4, -0.2) is 24.3 Å². The number of carbonyl (C=O) groups is 1. The minimum Gasteiger partial charge on any atom is -0.504 e. The molecule has 6 heteroatoms. The molecule has 0 fully saturated rings. The maximum atomic E-state index is 12.0. The lowest BCUT2D eigenvalue weighted by molar-refractivity contribution is -0.143. The monoisotopic (exact) mass is 393 g/mol. The third-order valence-corrected chi connectivity index (χ3v) is 4.08. The van der Waals surface area contributed by atoms with Gasteiger partial charge in [0.25, 0.3) is 0 Å². The van der Waals surface area contributed by atoms with Crippen molar-refractivity contribution < 1.29 is 19.4 Å². The van der Waals surface area contributed by atoms with Gasteiger partial charge in [-0.1, -0.05) is 42.0 Å². The van der Waals surface area contributed by atoms with Crippen LogP contribution in [0.3, 0.4) is 0 Å². The van der Waals surface area contributed by atoms with Crippen molar-refractivity contribution in [3.05, 3.63) is 59.2 Å². The Labute approximate surface area is 167 Å². The second kappa shape index (κ2) is 11.5. The Morgan fingerprint density at radius 1 is 1.11 bits per heavy atom. The van der Waals surface area contributed by atoms with Gasteiger partial charge in [0, 0.05) is 18.2 Å². The van der Waals surface area contributed by atoms with Crippen LogP contribution >= 0.6 is 12.4 Å². The quantitative estimate of drug-likeness (QED) is 0.621. The Kier molecular flexibility index (Phi) is 9.68. The zero-order chi connectivity index (χ0) is 18.9. The summed E-state index contributed by atoms with van der Waals surface area (Å²) in [6.45, 7) is 6.94. The fourth-order valence-electron chi connectivity index (χ4n) is 2.71. The number of benzene rings is 2. The van der Waals surface area contributed by atoms with Gasteiger partial charge in [-0.3, -0.25) is 4.79 Å². The fourth-order valence-corrected chi connectivity index (χ4v) is 2.71. The predicted octanol–water partition coefficient (Wildman–Crippen LogP) is 4.31. The molecule has 5 nitrogen and oxygen atoms in total. The SMILES string of the molecule is CCOC(=O)CC(NCc1cccc(OCC)c1O)c1ccc(C)cc1.Cl. The third kappa shape index (κ3) is 6.77. The number of nitrogens with one attached hydrogen (secondary N) is 1. The summed E-state index contributed by atoms with van der Waals surface area (Å²) >= 11 is 0. The van der Waals surface area contributed by atoms with Gasteiger partial charge >= 0.3 is 5.97 Å². The number of hydrogen-bond acceptors (Lipinski definition) is 5. The van der Waals surface area contributed by atoms with E-state index in [0.717, 1.165) is 16.7 Å². The van der Waals surface area contributed by atoms with Crippen molar-refractivity contribution in [1.82, 2.24) is 5.32 Å². The number of hydrogen-bond donors (Lipinski definition) is 2. The van der Waals surface area contributed by atoms with Gasteiger partial charge in [0.2, 0.25) is 0 Å². The molecule has 0 saturated carbocycles. The Bertz CT molecular complexity index is 719. The molecule has 1 atom stereocenters. The lowest BCUT2D eigenvalue weighted by Crippen LogP contribution is -2.24. The highest BCUT2D eigenvalue weighted by Crippen LogP contribution is 2.30. The molecule has 0 aliphatic heterocycles. The van der Waals surface area contributed by atoms with Crippen molar-refractivity contribution in [3.8, 4) is 11.5 Å². The number of halogens is 1. The van der Waals surface area contributed by atoms with E-state index in [1.807, 2.05) is 50.2 Å². The number of rotatable bonds is 9. The average Bonchev–Trinajstić information content (AvgIpc) is 2.62. The van der Waals surface area contributed by atoms with Crippen LogP contribution in [0.25, 0.3) is 0 Å². The lowest BCUT2D eigenvalue weighted by Gasteiger charge is -2.20. The first kappa shape index (κ1) is 22.8. The summed E-state index contributed by atoms with van der Waals surface area (Å²) in [5, 5.41) is 13.7. The number of esters is 1. The van der Waals surface area contributed by atoms with E-state index >= 15 is 0 Å². The zero-order valence-electron chi connectivity index (χ0n) is 16.0. The molecular weight excluding hydrogens is 366 g/mol. The van der Waals surface area contributed by atoms with Crippen molar-refractivity contribution in [1.29, 1.82) is 0 Å². The molecule has 0 heterocycles. The van der Waals surface area contributed by atoms with Crippen LogP contribution in [-0.2, 0) is 16.1 Å². The molecule has 2 N–H and O–H groups in total. The number of aromatic hydroxyl groups is 1. The van der Waals surface area contributed by atoms with Gasteiger partial charge in [-0.15, -0.1) is 12.4 Å². The number of carbonyl (C=O) groups excluding carboxylic acids is 1. The fraction of sp³-hybridized carbons (Fsp3) is 0.381. The van der Waals surface area contributed by atoms with Crippen LogP contribution in [0.15, 0.2) is 42.5 Å². The van der Waals surface area contributed by atoms with E-state index in [4.69, 9.17) is 9.47 Å². The Morgan fingerprint density at radius 2 is 1.81 bits per heavy atom. The average molecular weight is 394 g/mol. The molecular formula is C21H28ClNO4. The summed E-state index contributed by atoms with van der Waals surface area (Å²) < 4.78 is 10.5. The lowest BCUT2D eigenvalue weighted by atomic mass is 10.0. The summed E-state index contributed by atoms with van der Waals surface area (Å²) in [5.74, 6) is 0.336. The minimum atomic E-state index is -0.252. The van der Waals surface area contributed by atoms with Crippen LogP contribution in [0, 0.1) is 6.92 Å². The van der Waals surface area contributed by atoms with Gasteiger partial charge in [0.05, 0.1) is 19.6 Å². The van der Waals surface area contributed by atoms with Crippen LogP contribution in [0.1, 0.15) is 43.0 Å². The number of aryl methyl sites for hydroxylation is 1. The zero-order valence-corrected chi connectivity index (χ0v) is 16.8. The van der Waals surface area contributed by atoms with Crippen molar-refractivity contribution in [2.75, 3.05) is 13.2 Å². The molecule has 2 rings (SSSR count). The van der Waals surface area contributed by atoms with Gasteiger partial charge in [0.1, 0.15) is 0 Å². The van der Waals surface area contributed by atoms with Gasteiger partial charge in [-0.2, -0.15) is 0 Å². The highest BCUT2D eigenvalue weighted by molar-refractivity contribution is 5.85. The molecule has 0 aliphatic rings. The smallest absolute Gasteiger partial charge is 0.307 e. The predicted molar refractivity (Wildman–Crippen MR) is 109 cm³/mol. The highest BCUT2D eigenvalue weighted by atomic mass is 35.5. The summed E-state index contributed by atoms with van der Waals surface area (Å²) in [7, 11) is 0. The Hall–Kier alpha value is -2.24. The first-order chi connectivity index (χ1) is 12.5. The van der Waals surface area contributed by atoms with E-state index in [1.54, 1.807) is 13.0 Å². The maximum absolute atomic E-state index is 12.0. The van der Waals surface area contributed by atoms with Gasteiger partial charge in [0.15, 0.2) is 11.5 Å². The number of ether oxygens (including phenoxy) is 2. The van der Waals surface area contributed by atoms with E-state index < -0.39 is 0 Å². The molecule has 2 aromatic rings. The molecule has 0 spiro atoms. The number of phenolic OH excluding ortho intramolecular Hbond substituents is 1. The minimum absolute atomic E-state index is 0. The van der Waals surface area contributed by atoms with Crippen LogP contribution < -0.4 is 10.1 Å². The molecule has 27 heavy (non-hydrogen) atoms. The van der Waals surface area contributed by atoms with Crippen molar-refractivity contribution >= 4 is 18.4 Å². The van der Waals surface area contributed by atoms with Crippen LogP contribution in [0.2, 0.25) is 0 Å². The van der Waals surface area contributed by atoms with Gasteiger partial charge < -0.3 is 19.9 Å². The van der Waals surface area contributed by atoms with E-state index in [0.29, 0.717) is 25.5 Å². The second-order valence-electron chi connectivity index (χ2n) is 6.05. The topological polar surface area (TPSA) is 67.8 Å². The van der Waals surface area contributed by atoms with E-state index in [1.165, 1.54) is 0 Å². The summed E-state index contributed by atoms with van der Waals surface area (Å²) in [6, 6.07) is 13.2. The molecule has 1 unspecified atom stereocenters. The highest BCUT2D eigenvalue weighted by Gasteiger charge is 2.18. The second-order valence-corrected chi connectivity index (χ2v) is 6.05. The van der Waals surface area contributed by atoms with Crippen molar-refractivity contribution in [2.24, 2.45) is 0 Å². The first-order valence-electron chi connectivity index (χ1n) is 8.94. The number of para-hydroxylation sites is 1. The van der Waals surface area contributed by atoms with E-state index in [9.17, 15) is 9.90 Å². The first-order valence-corrected chi connectivity index (χ1v) is 8.94. The van der Waals surface area contributed by atoms with E-state index in [2.05, 4.69) is 5.32 Å². The Balaban J connectivity index is 0.00000364. The summed E-state index contributed by atoms with van der Waals surface area (Å²) in [5.41, 5.74) is 2.88. The van der Waals surface area contributed by atoms with Crippen molar-refractivity contribution in [3.63, 3.8) is 0 Å². The molecule has 2 aromatic carbocycles. The van der Waals surface area contributed by atoms with Gasteiger partial charge in [-0.05, 0) is 32.4 Å². The molecule has 0 radical (unpaired) electrons. The molecule has 0 saturated heterocycles. The molecule has 0 bridgehead atoms. The summed E-state index contributed by atoms with van der Waals surface area (Å²) in [4.78, 5) is 12.0. The van der Waals surface area contributed by atoms with Crippen molar-refractivity contribution in [2.45, 2.75) is 39.8 Å². The van der Waals surface area contributed by atoms with Gasteiger partial charge in [-0.25, -0.2) is 0 Å². The number of phenols is 1. The molecule has 148 valence electrons. The normalized spacial score (nSPS) is 11.4.